The van der Waals surface area contributed by atoms with Crippen LogP contribution in [0.15, 0.2) is 54.7 Å². The summed E-state index contributed by atoms with van der Waals surface area (Å²) in [4.78, 5) is 36.4. The zero-order valence-corrected chi connectivity index (χ0v) is 16.3. The van der Waals surface area contributed by atoms with E-state index in [0.717, 1.165) is 11.3 Å². The molecule has 2 aromatic carbocycles. The second-order valence-electron chi connectivity index (χ2n) is 6.75. The summed E-state index contributed by atoms with van der Waals surface area (Å²) in [5.41, 5.74) is 2.75. The molecule has 0 radical (unpaired) electrons. The molecule has 30 heavy (non-hydrogen) atoms. The van der Waals surface area contributed by atoms with E-state index in [4.69, 9.17) is 9.47 Å². The Labute approximate surface area is 172 Å². The minimum atomic E-state index is -0.750. The Morgan fingerprint density at radius 2 is 1.93 bits per heavy atom. The summed E-state index contributed by atoms with van der Waals surface area (Å²) in [7, 11) is 1.43. The average molecular weight is 405 g/mol. The zero-order chi connectivity index (χ0) is 21.1. The number of nitrogens with one attached hydrogen (secondary N) is 1. The number of ether oxygens (including phenoxy) is 2. The van der Waals surface area contributed by atoms with Gasteiger partial charge in [-0.2, -0.15) is 5.10 Å². The second-order valence-corrected chi connectivity index (χ2v) is 6.75. The molecule has 1 N–H and O–H groups in total. The molecule has 152 valence electrons. The van der Waals surface area contributed by atoms with E-state index >= 15 is 0 Å². The lowest BCUT2D eigenvalue weighted by Crippen LogP contribution is -2.20. The molecule has 1 amide bonds. The van der Waals surface area contributed by atoms with Crippen molar-refractivity contribution in [2.24, 2.45) is 0 Å². The molecule has 0 fully saturated rings. The Morgan fingerprint density at radius 3 is 2.70 bits per heavy atom. The van der Waals surface area contributed by atoms with Gasteiger partial charge in [-0.05, 0) is 42.3 Å². The van der Waals surface area contributed by atoms with Crippen molar-refractivity contribution >= 4 is 23.3 Å². The van der Waals surface area contributed by atoms with Crippen molar-refractivity contribution in [1.82, 2.24) is 9.78 Å². The zero-order valence-electron chi connectivity index (χ0n) is 16.3. The molecule has 0 unspecified atom stereocenters. The Hall–Kier alpha value is -3.94. The highest BCUT2D eigenvalue weighted by molar-refractivity contribution is 6.01. The molecule has 8 heteroatoms. The van der Waals surface area contributed by atoms with Crippen molar-refractivity contribution in [3.05, 3.63) is 71.5 Å². The van der Waals surface area contributed by atoms with E-state index in [1.807, 2.05) is 30.3 Å². The maximum Gasteiger partial charge on any atom is 0.363 e. The van der Waals surface area contributed by atoms with Crippen LogP contribution in [0.5, 0.6) is 5.75 Å². The van der Waals surface area contributed by atoms with Crippen molar-refractivity contribution in [1.29, 1.82) is 0 Å². The molecule has 3 aromatic rings. The van der Waals surface area contributed by atoms with Crippen LogP contribution < -0.4 is 10.1 Å². The van der Waals surface area contributed by atoms with Crippen molar-refractivity contribution in [3.63, 3.8) is 0 Å². The lowest BCUT2D eigenvalue weighted by atomic mass is 9.99. The van der Waals surface area contributed by atoms with Gasteiger partial charge in [-0.1, -0.05) is 18.2 Å². The van der Waals surface area contributed by atoms with Gasteiger partial charge < -0.3 is 14.8 Å². The smallest absolute Gasteiger partial charge is 0.363 e. The third-order valence-electron chi connectivity index (χ3n) is 4.77. The molecule has 1 aliphatic heterocycles. The molecule has 4 rings (SSSR count). The average Bonchev–Trinajstić information content (AvgIpc) is 3.22. The van der Waals surface area contributed by atoms with Gasteiger partial charge in [0.2, 0.25) is 11.6 Å². The monoisotopic (exact) mass is 405 g/mol. The quantitative estimate of drug-likeness (QED) is 0.500. The summed E-state index contributed by atoms with van der Waals surface area (Å²) >= 11 is 0. The molecule has 0 spiro atoms. The number of hydrogen-bond donors (Lipinski definition) is 1. The number of hydrogen-bond acceptors (Lipinski definition) is 6. The largest absolute Gasteiger partial charge is 0.493 e. The molecule has 0 bridgehead atoms. The van der Waals surface area contributed by atoms with Crippen LogP contribution in [-0.2, 0) is 16.0 Å². The number of carbonyl (C=O) groups is 3. The number of fused-ring (bicyclic) bond motifs is 1. The maximum atomic E-state index is 12.5. The van der Waals surface area contributed by atoms with Gasteiger partial charge in [-0.15, -0.1) is 0 Å². The van der Waals surface area contributed by atoms with Gasteiger partial charge in [0.15, 0.2) is 18.1 Å². The Bertz CT molecular complexity index is 1120. The fraction of sp³-hybridized carbons (Fsp3) is 0.182. The molecular weight excluding hydrogens is 386 g/mol. The Kier molecular flexibility index (Phi) is 5.30. The number of benzene rings is 2. The first-order chi connectivity index (χ1) is 14.5. The highest BCUT2D eigenvalue weighted by Crippen LogP contribution is 2.24. The molecule has 0 atom stereocenters. The van der Waals surface area contributed by atoms with Gasteiger partial charge in [0.1, 0.15) is 0 Å². The number of amides is 1. The molecule has 0 aliphatic carbocycles. The van der Waals surface area contributed by atoms with E-state index < -0.39 is 12.6 Å². The summed E-state index contributed by atoms with van der Waals surface area (Å²) < 4.78 is 11.9. The van der Waals surface area contributed by atoms with Crippen LogP contribution in [0.4, 0.5) is 5.69 Å². The van der Waals surface area contributed by atoms with Gasteiger partial charge >= 0.3 is 5.97 Å². The van der Waals surface area contributed by atoms with Crippen LogP contribution in [-0.4, -0.2) is 41.2 Å². The number of aromatic nitrogens is 2. The lowest BCUT2D eigenvalue weighted by molar-refractivity contribution is -0.116. The van der Waals surface area contributed by atoms with Crippen LogP contribution in [0.2, 0.25) is 0 Å². The number of para-hydroxylation sites is 1. The third-order valence-corrected chi connectivity index (χ3v) is 4.77. The number of methoxy groups -OCH3 is 1. The second kappa shape index (κ2) is 8.20. The number of ketones is 1. The van der Waals surface area contributed by atoms with Crippen LogP contribution in [0.25, 0.3) is 5.69 Å². The lowest BCUT2D eigenvalue weighted by Gasteiger charge is -2.17. The standard InChI is InChI=1S/C22H19N3O5/c1-29-19-12-25(16-5-3-2-4-6-16)24-21(19)22(28)30-13-18(26)15-7-9-17-14(11-15)8-10-20(27)23-17/h2-7,9,11-12H,8,10,13H2,1H3,(H,23,27). The van der Waals surface area contributed by atoms with Crippen molar-refractivity contribution in [2.45, 2.75) is 12.8 Å². The molecule has 1 aromatic heterocycles. The minimum absolute atomic E-state index is 0.0118. The van der Waals surface area contributed by atoms with Crippen LogP contribution in [0.3, 0.4) is 0 Å². The Morgan fingerprint density at radius 1 is 1.13 bits per heavy atom. The van der Waals surface area contributed by atoms with Gasteiger partial charge in [0.25, 0.3) is 0 Å². The summed E-state index contributed by atoms with van der Waals surface area (Å²) in [5.74, 6) is -0.884. The predicted molar refractivity (Wildman–Crippen MR) is 108 cm³/mol. The number of esters is 1. The number of rotatable bonds is 6. The van der Waals surface area contributed by atoms with Crippen LogP contribution in [0.1, 0.15) is 32.8 Å². The molecule has 0 saturated heterocycles. The van der Waals surface area contributed by atoms with E-state index in [9.17, 15) is 14.4 Å². The summed E-state index contributed by atoms with van der Waals surface area (Å²) in [6, 6.07) is 14.3. The van der Waals surface area contributed by atoms with Crippen molar-refractivity contribution in [3.8, 4) is 11.4 Å². The highest BCUT2D eigenvalue weighted by Gasteiger charge is 2.22. The maximum absolute atomic E-state index is 12.5. The fourth-order valence-electron chi connectivity index (χ4n) is 3.20. The summed E-state index contributed by atoms with van der Waals surface area (Å²) in [6.45, 7) is -0.425. The summed E-state index contributed by atoms with van der Waals surface area (Å²) in [6.07, 6.45) is 2.52. The number of aryl methyl sites for hydroxylation is 1. The summed E-state index contributed by atoms with van der Waals surface area (Å²) in [5, 5.41) is 7.00. The molecule has 2 heterocycles. The molecule has 0 saturated carbocycles. The van der Waals surface area contributed by atoms with Gasteiger partial charge in [0, 0.05) is 17.7 Å². The van der Waals surface area contributed by atoms with Gasteiger partial charge in [-0.3, -0.25) is 9.59 Å². The van der Waals surface area contributed by atoms with E-state index in [1.54, 1.807) is 24.4 Å². The van der Waals surface area contributed by atoms with Crippen LogP contribution in [0, 0.1) is 0 Å². The van der Waals surface area contributed by atoms with Crippen LogP contribution >= 0.6 is 0 Å². The first kappa shape index (κ1) is 19.4. The third kappa shape index (κ3) is 3.93. The number of nitrogens with zero attached hydrogens (tertiary/aromatic N) is 2. The first-order valence-electron chi connectivity index (χ1n) is 9.37. The van der Waals surface area contributed by atoms with E-state index in [1.165, 1.54) is 11.8 Å². The van der Waals surface area contributed by atoms with Crippen molar-refractivity contribution < 1.29 is 23.9 Å². The van der Waals surface area contributed by atoms with E-state index in [2.05, 4.69) is 10.4 Å². The van der Waals surface area contributed by atoms with Gasteiger partial charge in [0.05, 0.1) is 19.0 Å². The SMILES string of the molecule is COc1cn(-c2ccccc2)nc1C(=O)OCC(=O)c1ccc2c(c1)CCC(=O)N2. The van der Waals surface area contributed by atoms with E-state index in [0.29, 0.717) is 24.1 Å². The molecule has 1 aliphatic rings. The normalized spacial score (nSPS) is 12.6. The molecule has 8 nitrogen and oxygen atoms in total. The van der Waals surface area contributed by atoms with Crippen molar-refractivity contribution in [2.75, 3.05) is 19.0 Å². The first-order valence-corrected chi connectivity index (χ1v) is 9.37. The van der Waals surface area contributed by atoms with E-state index in [-0.39, 0.29) is 23.1 Å². The number of anilines is 1. The fourth-order valence-corrected chi connectivity index (χ4v) is 3.20. The molecular formula is C22H19N3O5. The predicted octanol–water partition coefficient (Wildman–Crippen LogP) is 2.81. The number of carbonyl (C=O) groups excluding carboxylic acids is 3. The Balaban J connectivity index is 1.45. The van der Waals surface area contributed by atoms with Gasteiger partial charge in [-0.25, -0.2) is 9.48 Å². The topological polar surface area (TPSA) is 99.5 Å². The highest BCUT2D eigenvalue weighted by atomic mass is 16.5. The number of Topliss-reactive ketones (excluding diaryl/α,β-unsaturated/α-hetero) is 1. The minimum Gasteiger partial charge on any atom is -0.493 e.